The molecule has 3 N–H and O–H groups in total. The third kappa shape index (κ3) is 4.85. The molecule has 0 aliphatic carbocycles. The van der Waals surface area contributed by atoms with Crippen LogP contribution in [0.2, 0.25) is 0 Å². The highest BCUT2D eigenvalue weighted by Crippen LogP contribution is 2.24. The number of aromatic hydroxyl groups is 1. The summed E-state index contributed by atoms with van der Waals surface area (Å²) in [4.78, 5) is 24.6. The van der Waals surface area contributed by atoms with E-state index in [-0.39, 0.29) is 17.1 Å². The SMILES string of the molecule is Cc1ccc(NC(=O)[C@H](C)NC(=O)c2ccc(C(C)(C)C)cc2)c(O)c1. The fraction of sp³-hybridized carbons (Fsp3) is 0.333. The maximum absolute atomic E-state index is 12.3. The van der Waals surface area contributed by atoms with E-state index in [9.17, 15) is 14.7 Å². The molecule has 2 aromatic carbocycles. The number of hydrogen-bond donors (Lipinski definition) is 3. The summed E-state index contributed by atoms with van der Waals surface area (Å²) in [5.41, 5.74) is 2.85. The van der Waals surface area contributed by atoms with Gasteiger partial charge >= 0.3 is 0 Å². The van der Waals surface area contributed by atoms with E-state index in [1.807, 2.05) is 19.1 Å². The molecule has 5 heteroatoms. The molecule has 0 heterocycles. The molecule has 0 aliphatic rings. The molecule has 0 spiro atoms. The molecule has 0 saturated heterocycles. The van der Waals surface area contributed by atoms with Gasteiger partial charge < -0.3 is 15.7 Å². The summed E-state index contributed by atoms with van der Waals surface area (Å²) in [5.74, 6) is -0.723. The Morgan fingerprint density at radius 1 is 1.04 bits per heavy atom. The van der Waals surface area contributed by atoms with Gasteiger partial charge in [0.15, 0.2) is 0 Å². The van der Waals surface area contributed by atoms with Crippen molar-refractivity contribution >= 4 is 17.5 Å². The van der Waals surface area contributed by atoms with Crippen molar-refractivity contribution in [2.45, 2.75) is 46.1 Å². The maximum Gasteiger partial charge on any atom is 0.251 e. The number of benzene rings is 2. The van der Waals surface area contributed by atoms with Crippen LogP contribution in [-0.2, 0) is 10.2 Å². The third-order valence-electron chi connectivity index (χ3n) is 4.17. The predicted molar refractivity (Wildman–Crippen MR) is 104 cm³/mol. The highest BCUT2D eigenvalue weighted by atomic mass is 16.3. The zero-order valence-corrected chi connectivity index (χ0v) is 15.9. The first kappa shape index (κ1) is 19.5. The number of anilines is 1. The molecular weight excluding hydrogens is 328 g/mol. The summed E-state index contributed by atoms with van der Waals surface area (Å²) in [6.07, 6.45) is 0. The van der Waals surface area contributed by atoms with E-state index < -0.39 is 11.9 Å². The number of phenolic OH excluding ortho intramolecular Hbond substituents is 1. The number of phenols is 1. The predicted octanol–water partition coefficient (Wildman–Crippen LogP) is 3.76. The Morgan fingerprint density at radius 2 is 1.65 bits per heavy atom. The van der Waals surface area contributed by atoms with Crippen molar-refractivity contribution in [1.29, 1.82) is 0 Å². The van der Waals surface area contributed by atoms with Crippen LogP contribution in [0.1, 0.15) is 49.2 Å². The molecule has 2 amide bonds. The summed E-state index contributed by atoms with van der Waals surface area (Å²) >= 11 is 0. The lowest BCUT2D eigenvalue weighted by molar-refractivity contribution is -0.117. The Kier molecular flexibility index (Phi) is 5.70. The molecule has 0 aliphatic heterocycles. The molecule has 138 valence electrons. The van der Waals surface area contributed by atoms with Crippen LogP contribution in [0.4, 0.5) is 5.69 Å². The van der Waals surface area contributed by atoms with Gasteiger partial charge in [-0.2, -0.15) is 0 Å². The van der Waals surface area contributed by atoms with Crippen molar-refractivity contribution in [1.82, 2.24) is 5.32 Å². The average Bonchev–Trinajstić information content (AvgIpc) is 2.56. The van der Waals surface area contributed by atoms with Crippen molar-refractivity contribution in [2.24, 2.45) is 0 Å². The summed E-state index contributed by atoms with van der Waals surface area (Å²) in [5, 5.41) is 15.2. The van der Waals surface area contributed by atoms with E-state index in [1.54, 1.807) is 37.3 Å². The Hall–Kier alpha value is -2.82. The number of carbonyl (C=O) groups is 2. The second-order valence-electron chi connectivity index (χ2n) is 7.53. The maximum atomic E-state index is 12.3. The smallest absolute Gasteiger partial charge is 0.251 e. The minimum absolute atomic E-state index is 0.00496. The zero-order chi connectivity index (χ0) is 19.5. The zero-order valence-electron chi connectivity index (χ0n) is 15.9. The molecule has 0 aromatic heterocycles. The van der Waals surface area contributed by atoms with Gasteiger partial charge in [-0.3, -0.25) is 9.59 Å². The van der Waals surface area contributed by atoms with Crippen LogP contribution in [0.5, 0.6) is 5.75 Å². The van der Waals surface area contributed by atoms with Gasteiger partial charge in [0.1, 0.15) is 11.8 Å². The Balaban J connectivity index is 2.00. The quantitative estimate of drug-likeness (QED) is 0.732. The number of hydrogen-bond acceptors (Lipinski definition) is 3. The molecule has 0 unspecified atom stereocenters. The van der Waals surface area contributed by atoms with Gasteiger partial charge in [0.2, 0.25) is 5.91 Å². The van der Waals surface area contributed by atoms with Gasteiger partial charge in [0.25, 0.3) is 5.91 Å². The Morgan fingerprint density at radius 3 is 2.19 bits per heavy atom. The van der Waals surface area contributed by atoms with Crippen LogP contribution in [0.15, 0.2) is 42.5 Å². The van der Waals surface area contributed by atoms with E-state index >= 15 is 0 Å². The van der Waals surface area contributed by atoms with E-state index in [0.717, 1.165) is 11.1 Å². The second kappa shape index (κ2) is 7.60. The van der Waals surface area contributed by atoms with Crippen LogP contribution >= 0.6 is 0 Å². The monoisotopic (exact) mass is 354 g/mol. The minimum Gasteiger partial charge on any atom is -0.506 e. The van der Waals surface area contributed by atoms with E-state index in [4.69, 9.17) is 0 Å². The molecule has 2 aromatic rings. The van der Waals surface area contributed by atoms with Gasteiger partial charge in [-0.25, -0.2) is 0 Å². The molecule has 0 saturated carbocycles. The van der Waals surface area contributed by atoms with Gasteiger partial charge in [-0.05, 0) is 54.7 Å². The number of amides is 2. The highest BCUT2D eigenvalue weighted by Gasteiger charge is 2.19. The number of aryl methyl sites for hydroxylation is 1. The number of rotatable bonds is 4. The molecule has 0 radical (unpaired) electrons. The summed E-state index contributed by atoms with van der Waals surface area (Å²) in [7, 11) is 0. The lowest BCUT2D eigenvalue weighted by Gasteiger charge is -2.19. The Bertz CT molecular complexity index is 805. The van der Waals surface area contributed by atoms with Crippen LogP contribution < -0.4 is 10.6 Å². The standard InChI is InChI=1S/C21H26N2O3/c1-13-6-11-17(18(24)12-13)23-19(25)14(2)22-20(26)15-7-9-16(10-8-15)21(3,4)5/h6-12,14,24H,1-5H3,(H,22,26)(H,23,25)/t14-/m0/s1. The van der Waals surface area contributed by atoms with Crippen LogP contribution in [0.25, 0.3) is 0 Å². The van der Waals surface area contributed by atoms with Crippen molar-refractivity contribution < 1.29 is 14.7 Å². The lowest BCUT2D eigenvalue weighted by atomic mass is 9.86. The fourth-order valence-corrected chi connectivity index (χ4v) is 2.46. The van der Waals surface area contributed by atoms with E-state index in [1.165, 1.54) is 0 Å². The molecule has 0 fully saturated rings. The largest absolute Gasteiger partial charge is 0.506 e. The van der Waals surface area contributed by atoms with E-state index in [2.05, 4.69) is 31.4 Å². The van der Waals surface area contributed by atoms with Crippen molar-refractivity contribution in [2.75, 3.05) is 5.32 Å². The van der Waals surface area contributed by atoms with Gasteiger partial charge in [-0.15, -0.1) is 0 Å². The van der Waals surface area contributed by atoms with Gasteiger partial charge in [0.05, 0.1) is 5.69 Å². The minimum atomic E-state index is -0.745. The lowest BCUT2D eigenvalue weighted by Crippen LogP contribution is -2.41. The normalized spacial score (nSPS) is 12.3. The summed E-state index contributed by atoms with van der Waals surface area (Å²) < 4.78 is 0. The van der Waals surface area contributed by atoms with Crippen molar-refractivity contribution in [3.63, 3.8) is 0 Å². The van der Waals surface area contributed by atoms with Crippen molar-refractivity contribution in [3.05, 3.63) is 59.2 Å². The van der Waals surface area contributed by atoms with Gasteiger partial charge in [-0.1, -0.05) is 39.0 Å². The van der Waals surface area contributed by atoms with E-state index in [0.29, 0.717) is 11.3 Å². The summed E-state index contributed by atoms with van der Waals surface area (Å²) in [6.45, 7) is 9.76. The van der Waals surface area contributed by atoms with Crippen LogP contribution in [0, 0.1) is 6.92 Å². The Labute approximate surface area is 154 Å². The number of carbonyl (C=O) groups excluding carboxylic acids is 2. The average molecular weight is 354 g/mol. The molecular formula is C21H26N2O3. The molecule has 5 nitrogen and oxygen atoms in total. The topological polar surface area (TPSA) is 78.4 Å². The van der Waals surface area contributed by atoms with Crippen LogP contribution in [0.3, 0.4) is 0 Å². The second-order valence-corrected chi connectivity index (χ2v) is 7.53. The van der Waals surface area contributed by atoms with Gasteiger partial charge in [0, 0.05) is 5.56 Å². The highest BCUT2D eigenvalue weighted by molar-refractivity contribution is 6.01. The summed E-state index contributed by atoms with van der Waals surface area (Å²) in [6, 6.07) is 11.6. The third-order valence-corrected chi connectivity index (χ3v) is 4.17. The number of nitrogens with one attached hydrogen (secondary N) is 2. The first-order chi connectivity index (χ1) is 12.1. The first-order valence-corrected chi connectivity index (χ1v) is 8.60. The molecule has 0 bridgehead atoms. The molecule has 26 heavy (non-hydrogen) atoms. The molecule has 1 atom stereocenters. The molecule has 2 rings (SSSR count). The van der Waals surface area contributed by atoms with Crippen LogP contribution in [-0.4, -0.2) is 23.0 Å². The van der Waals surface area contributed by atoms with Crippen molar-refractivity contribution in [3.8, 4) is 5.75 Å². The first-order valence-electron chi connectivity index (χ1n) is 8.60. The fourth-order valence-electron chi connectivity index (χ4n) is 2.46.